The minimum atomic E-state index is 0.456. The third-order valence-corrected chi connectivity index (χ3v) is 5.74. The molecule has 2 aliphatic heterocycles. The number of anilines is 3. The van der Waals surface area contributed by atoms with E-state index in [1.54, 1.807) is 0 Å². The third-order valence-electron chi connectivity index (χ3n) is 5.52. The van der Waals surface area contributed by atoms with E-state index in [1.807, 2.05) is 0 Å². The summed E-state index contributed by atoms with van der Waals surface area (Å²) in [7, 11) is 0. The van der Waals surface area contributed by atoms with Crippen molar-refractivity contribution in [3.05, 3.63) is 0 Å². The summed E-state index contributed by atoms with van der Waals surface area (Å²) in [6, 6.07) is 0.456. The van der Waals surface area contributed by atoms with Crippen LogP contribution in [-0.4, -0.2) is 65.5 Å². The smallest absolute Gasteiger partial charge is 0.248 e. The fourth-order valence-electron chi connectivity index (χ4n) is 3.95. The van der Waals surface area contributed by atoms with Crippen LogP contribution >= 0.6 is 12.2 Å². The Morgan fingerprint density at radius 1 is 0.857 bits per heavy atom. The largest absolute Gasteiger partial charge is 0.378 e. The average molecular weight is 407 g/mol. The van der Waals surface area contributed by atoms with Crippen LogP contribution in [0.3, 0.4) is 0 Å². The summed E-state index contributed by atoms with van der Waals surface area (Å²) in [4.78, 5) is 18.3. The first-order valence-corrected chi connectivity index (χ1v) is 10.8. The number of aromatic nitrogens is 3. The predicted molar refractivity (Wildman–Crippen MR) is 114 cm³/mol. The molecule has 0 bridgehead atoms. The van der Waals surface area contributed by atoms with Gasteiger partial charge in [0, 0.05) is 32.2 Å². The minimum absolute atomic E-state index is 0.456. The summed E-state index contributed by atoms with van der Waals surface area (Å²) in [5, 5.41) is 3.97. The number of hydrogen-bond acceptors (Lipinski definition) is 8. The highest BCUT2D eigenvalue weighted by Crippen LogP contribution is 2.21. The fourth-order valence-corrected chi connectivity index (χ4v) is 4.17. The van der Waals surface area contributed by atoms with Crippen LogP contribution in [0.1, 0.15) is 44.9 Å². The van der Waals surface area contributed by atoms with Crippen molar-refractivity contribution in [2.45, 2.75) is 51.0 Å². The van der Waals surface area contributed by atoms with Crippen molar-refractivity contribution in [2.24, 2.45) is 0 Å². The zero-order valence-corrected chi connectivity index (χ0v) is 17.1. The third kappa shape index (κ3) is 5.11. The van der Waals surface area contributed by atoms with Gasteiger partial charge in [0.1, 0.15) is 0 Å². The van der Waals surface area contributed by atoms with Gasteiger partial charge >= 0.3 is 0 Å². The van der Waals surface area contributed by atoms with Gasteiger partial charge in [0.25, 0.3) is 0 Å². The molecular formula is C18H30N8OS. The highest BCUT2D eigenvalue weighted by molar-refractivity contribution is 7.80. The Kier molecular flexibility index (Phi) is 6.58. The van der Waals surface area contributed by atoms with Gasteiger partial charge in [-0.05, 0) is 37.9 Å². The van der Waals surface area contributed by atoms with E-state index in [1.165, 1.54) is 44.9 Å². The van der Waals surface area contributed by atoms with E-state index in [0.29, 0.717) is 36.3 Å². The number of hydrogen-bond donors (Lipinski definition) is 3. The lowest BCUT2D eigenvalue weighted by Gasteiger charge is -2.28. The van der Waals surface area contributed by atoms with Crippen molar-refractivity contribution in [2.75, 3.05) is 54.6 Å². The van der Waals surface area contributed by atoms with Gasteiger partial charge in [-0.25, -0.2) is 0 Å². The lowest BCUT2D eigenvalue weighted by atomic mass is 9.96. The van der Waals surface area contributed by atoms with Gasteiger partial charge in [-0.15, -0.1) is 0 Å². The monoisotopic (exact) mass is 406 g/mol. The van der Waals surface area contributed by atoms with Crippen molar-refractivity contribution in [3.8, 4) is 0 Å². The molecule has 1 aliphatic carbocycles. The van der Waals surface area contributed by atoms with Gasteiger partial charge in [0.15, 0.2) is 5.11 Å². The maximum absolute atomic E-state index is 5.46. The molecule has 0 amide bonds. The summed E-state index contributed by atoms with van der Waals surface area (Å²) in [6.45, 7) is 4.94. The normalized spacial score (nSPS) is 20.9. The molecule has 3 aliphatic rings. The number of thiocarbonyl (C=S) groups is 1. The number of hydrazine groups is 1. The van der Waals surface area contributed by atoms with E-state index in [-0.39, 0.29) is 0 Å². The second-order valence-corrected chi connectivity index (χ2v) is 8.02. The number of nitrogens with one attached hydrogen (secondary N) is 3. The Morgan fingerprint density at radius 3 is 2.18 bits per heavy atom. The Balaban J connectivity index is 1.42. The van der Waals surface area contributed by atoms with Crippen LogP contribution < -0.4 is 26.0 Å². The zero-order chi connectivity index (χ0) is 19.2. The van der Waals surface area contributed by atoms with Crippen LogP contribution in [0, 0.1) is 0 Å². The van der Waals surface area contributed by atoms with Crippen LogP contribution in [-0.2, 0) is 4.74 Å². The molecule has 4 rings (SSSR count). The molecule has 0 atom stereocenters. The molecule has 9 nitrogen and oxygen atoms in total. The van der Waals surface area contributed by atoms with Crippen LogP contribution in [0.4, 0.5) is 17.8 Å². The molecule has 3 heterocycles. The number of morpholine rings is 1. The van der Waals surface area contributed by atoms with E-state index < -0.39 is 0 Å². The Hall–Kier alpha value is -1.94. The van der Waals surface area contributed by atoms with E-state index in [2.05, 4.69) is 35.9 Å². The van der Waals surface area contributed by atoms with Gasteiger partial charge in [-0.2, -0.15) is 15.0 Å². The molecule has 0 spiro atoms. The first kappa shape index (κ1) is 19.4. The van der Waals surface area contributed by atoms with Crippen LogP contribution in [0.5, 0.6) is 0 Å². The highest BCUT2D eigenvalue weighted by atomic mass is 32.1. The Morgan fingerprint density at radius 2 is 1.50 bits per heavy atom. The van der Waals surface area contributed by atoms with E-state index in [9.17, 15) is 0 Å². The second kappa shape index (κ2) is 9.51. The lowest BCUT2D eigenvalue weighted by Crippen LogP contribution is -2.45. The quantitative estimate of drug-likeness (QED) is 0.493. The molecule has 0 unspecified atom stereocenters. The van der Waals surface area contributed by atoms with E-state index in [0.717, 1.165) is 32.1 Å². The van der Waals surface area contributed by atoms with Crippen molar-refractivity contribution in [1.82, 2.24) is 25.7 Å². The molecule has 1 saturated carbocycles. The molecule has 2 saturated heterocycles. The second-order valence-electron chi connectivity index (χ2n) is 7.61. The minimum Gasteiger partial charge on any atom is -0.378 e. The molecule has 10 heteroatoms. The summed E-state index contributed by atoms with van der Waals surface area (Å²) in [5.41, 5.74) is 6.13. The topological polar surface area (TPSA) is 90.5 Å². The lowest BCUT2D eigenvalue weighted by molar-refractivity contribution is 0.122. The van der Waals surface area contributed by atoms with E-state index in [4.69, 9.17) is 21.9 Å². The van der Waals surface area contributed by atoms with Gasteiger partial charge in [0.05, 0.1) is 13.2 Å². The highest BCUT2D eigenvalue weighted by Gasteiger charge is 2.21. The van der Waals surface area contributed by atoms with Crippen molar-refractivity contribution >= 4 is 35.2 Å². The summed E-state index contributed by atoms with van der Waals surface area (Å²) >= 11 is 5.44. The Labute approximate surface area is 171 Å². The number of nitrogens with zero attached hydrogens (tertiary/aromatic N) is 5. The average Bonchev–Trinajstić information content (AvgIpc) is 3.28. The summed E-state index contributed by atoms with van der Waals surface area (Å²) in [6.07, 6.45) is 8.56. The zero-order valence-electron chi connectivity index (χ0n) is 16.3. The molecule has 0 radical (unpaired) electrons. The SMILES string of the molecule is S=C(NNc1nc(N2CCCC2)nc(N2CCOCC2)n1)NC1CCCCC1. The fraction of sp³-hybridized carbons (Fsp3) is 0.778. The molecule has 1 aromatic heterocycles. The number of rotatable bonds is 5. The van der Waals surface area contributed by atoms with Crippen LogP contribution in [0.15, 0.2) is 0 Å². The predicted octanol–water partition coefficient (Wildman–Crippen LogP) is 1.43. The summed E-state index contributed by atoms with van der Waals surface area (Å²) in [5.74, 6) is 1.91. The van der Waals surface area contributed by atoms with Gasteiger partial charge in [0.2, 0.25) is 17.8 Å². The maximum atomic E-state index is 5.46. The maximum Gasteiger partial charge on any atom is 0.248 e. The van der Waals surface area contributed by atoms with Crippen molar-refractivity contribution in [1.29, 1.82) is 0 Å². The first-order valence-electron chi connectivity index (χ1n) is 10.4. The molecule has 0 aromatic carbocycles. The first-order chi connectivity index (χ1) is 13.8. The molecule has 1 aromatic rings. The van der Waals surface area contributed by atoms with Crippen molar-refractivity contribution < 1.29 is 4.74 Å². The van der Waals surface area contributed by atoms with E-state index >= 15 is 0 Å². The Bertz CT molecular complexity index is 657. The standard InChI is InChI=1S/C18H30N8OS/c28-18(19-14-6-2-1-3-7-14)24-23-15-20-16(25-8-4-5-9-25)22-17(21-15)26-10-12-27-13-11-26/h14H,1-13H2,(H2,19,24,28)(H,20,21,22,23). The molecule has 3 N–H and O–H groups in total. The van der Waals surface area contributed by atoms with Gasteiger partial charge < -0.3 is 19.9 Å². The molecule has 154 valence electrons. The van der Waals surface area contributed by atoms with Crippen LogP contribution in [0.2, 0.25) is 0 Å². The number of ether oxygens (including phenoxy) is 1. The molecular weight excluding hydrogens is 376 g/mol. The molecule has 28 heavy (non-hydrogen) atoms. The molecule has 3 fully saturated rings. The van der Waals surface area contributed by atoms with Gasteiger partial charge in [-0.3, -0.25) is 10.9 Å². The van der Waals surface area contributed by atoms with Gasteiger partial charge in [-0.1, -0.05) is 19.3 Å². The summed E-state index contributed by atoms with van der Waals surface area (Å²) < 4.78 is 5.46. The van der Waals surface area contributed by atoms with Crippen LogP contribution in [0.25, 0.3) is 0 Å². The van der Waals surface area contributed by atoms with Crippen molar-refractivity contribution in [3.63, 3.8) is 0 Å².